The number of anilines is 2. The highest BCUT2D eigenvalue weighted by atomic mass is 32.1. The molecule has 1 N–H and O–H groups in total. The Balaban J connectivity index is 1.64. The van der Waals surface area contributed by atoms with Gasteiger partial charge in [0.15, 0.2) is 11.0 Å². The van der Waals surface area contributed by atoms with Gasteiger partial charge in [-0.25, -0.2) is 0 Å². The second-order valence-electron chi connectivity index (χ2n) is 6.52. The number of aryl methyl sites for hydroxylation is 1. The van der Waals surface area contributed by atoms with Crippen LogP contribution in [0.1, 0.15) is 11.3 Å². The van der Waals surface area contributed by atoms with Crippen molar-refractivity contribution in [2.45, 2.75) is 6.92 Å². The van der Waals surface area contributed by atoms with E-state index in [9.17, 15) is 9.59 Å². The highest BCUT2D eigenvalue weighted by molar-refractivity contribution is 7.80. The van der Waals surface area contributed by atoms with Crippen LogP contribution in [0, 0.1) is 6.92 Å². The van der Waals surface area contributed by atoms with Gasteiger partial charge in [0.05, 0.1) is 18.9 Å². The Morgan fingerprint density at radius 1 is 1.11 bits per heavy atom. The number of para-hydroxylation sites is 1. The second-order valence-corrected chi connectivity index (χ2v) is 6.91. The molecule has 0 radical (unpaired) electrons. The lowest BCUT2D eigenvalue weighted by Gasteiger charge is -2.29. The number of nitrogens with one attached hydrogen (secondary N) is 1. The van der Waals surface area contributed by atoms with Crippen molar-refractivity contribution in [3.8, 4) is 0 Å². The molecule has 2 amide bonds. The van der Waals surface area contributed by atoms with Crippen LogP contribution in [0.25, 0.3) is 6.08 Å². The smallest absolute Gasteiger partial charge is 0.270 e. The molecule has 0 spiro atoms. The summed E-state index contributed by atoms with van der Waals surface area (Å²) in [6.45, 7) is 4.63. The zero-order chi connectivity index (χ0) is 19.7. The summed E-state index contributed by atoms with van der Waals surface area (Å²) in [7, 11) is 0. The van der Waals surface area contributed by atoms with Crippen molar-refractivity contribution in [3.63, 3.8) is 0 Å². The normalized spacial score (nSPS) is 19.3. The number of rotatable bonds is 3. The molecule has 3 heterocycles. The molecule has 0 unspecified atom stereocenters. The van der Waals surface area contributed by atoms with Gasteiger partial charge < -0.3 is 14.1 Å². The maximum absolute atomic E-state index is 13.1. The van der Waals surface area contributed by atoms with E-state index in [-0.39, 0.29) is 10.7 Å². The van der Waals surface area contributed by atoms with Gasteiger partial charge in [-0.3, -0.25) is 19.8 Å². The van der Waals surface area contributed by atoms with Crippen molar-refractivity contribution in [1.29, 1.82) is 0 Å². The van der Waals surface area contributed by atoms with E-state index in [4.69, 9.17) is 21.4 Å². The molecule has 1 aromatic heterocycles. The molecule has 2 aliphatic heterocycles. The Bertz CT molecular complexity index is 975. The van der Waals surface area contributed by atoms with Crippen LogP contribution in [0.3, 0.4) is 0 Å². The van der Waals surface area contributed by atoms with Gasteiger partial charge in [0.25, 0.3) is 11.8 Å². The highest BCUT2D eigenvalue weighted by Crippen LogP contribution is 2.26. The molecule has 7 nitrogen and oxygen atoms in total. The van der Waals surface area contributed by atoms with E-state index in [2.05, 4.69) is 10.2 Å². The zero-order valence-corrected chi connectivity index (χ0v) is 16.1. The minimum Gasteiger partial charge on any atom is -0.441 e. The number of ether oxygens (including phenoxy) is 1. The van der Waals surface area contributed by atoms with Crippen LogP contribution in [0.5, 0.6) is 0 Å². The monoisotopic (exact) mass is 397 g/mol. The fourth-order valence-corrected chi connectivity index (χ4v) is 3.48. The number of hydrogen-bond donors (Lipinski definition) is 1. The van der Waals surface area contributed by atoms with Gasteiger partial charge in [-0.2, -0.15) is 0 Å². The minimum atomic E-state index is -0.538. The summed E-state index contributed by atoms with van der Waals surface area (Å²) < 4.78 is 11.2. The largest absolute Gasteiger partial charge is 0.441 e. The maximum Gasteiger partial charge on any atom is 0.270 e. The third-order valence-electron chi connectivity index (χ3n) is 4.68. The van der Waals surface area contributed by atoms with Crippen LogP contribution >= 0.6 is 12.2 Å². The summed E-state index contributed by atoms with van der Waals surface area (Å²) in [4.78, 5) is 28.9. The summed E-state index contributed by atoms with van der Waals surface area (Å²) >= 11 is 5.23. The Morgan fingerprint density at radius 3 is 2.61 bits per heavy atom. The predicted molar refractivity (Wildman–Crippen MR) is 109 cm³/mol. The Kier molecular flexibility index (Phi) is 4.97. The first-order valence-corrected chi connectivity index (χ1v) is 9.35. The summed E-state index contributed by atoms with van der Waals surface area (Å²) in [6, 6.07) is 10.9. The fourth-order valence-electron chi connectivity index (χ4n) is 3.21. The number of morpholine rings is 1. The van der Waals surface area contributed by atoms with E-state index in [0.29, 0.717) is 30.5 Å². The quantitative estimate of drug-likeness (QED) is 0.487. The first-order valence-electron chi connectivity index (χ1n) is 8.94. The molecular weight excluding hydrogens is 378 g/mol. The van der Waals surface area contributed by atoms with Gasteiger partial charge in [0.2, 0.25) is 0 Å². The first kappa shape index (κ1) is 18.4. The average Bonchev–Trinajstić information content (AvgIpc) is 3.16. The number of furan rings is 1. The SMILES string of the molecule is Cc1ccccc1N1C(=O)/C(=C/c2ccc(N3CCOCC3)o2)C(=O)NC1=S. The second kappa shape index (κ2) is 7.57. The van der Waals surface area contributed by atoms with Crippen molar-refractivity contribution in [2.24, 2.45) is 0 Å². The third kappa shape index (κ3) is 3.44. The molecule has 2 saturated heterocycles. The summed E-state index contributed by atoms with van der Waals surface area (Å²) in [5, 5.41) is 2.65. The molecule has 2 fully saturated rings. The molecule has 2 aromatic rings. The molecule has 4 rings (SSSR count). The van der Waals surface area contributed by atoms with Gasteiger partial charge >= 0.3 is 0 Å². The van der Waals surface area contributed by atoms with Crippen LogP contribution < -0.4 is 15.1 Å². The Morgan fingerprint density at radius 2 is 1.86 bits per heavy atom. The van der Waals surface area contributed by atoms with E-state index < -0.39 is 11.8 Å². The van der Waals surface area contributed by atoms with E-state index in [1.165, 1.54) is 11.0 Å². The molecule has 8 heteroatoms. The molecule has 144 valence electrons. The summed E-state index contributed by atoms with van der Waals surface area (Å²) in [6.07, 6.45) is 1.45. The number of carbonyl (C=O) groups is 2. The van der Waals surface area contributed by atoms with Crippen molar-refractivity contribution in [1.82, 2.24) is 5.32 Å². The van der Waals surface area contributed by atoms with Gasteiger partial charge in [0, 0.05) is 19.2 Å². The van der Waals surface area contributed by atoms with Crippen LogP contribution in [0.4, 0.5) is 11.6 Å². The molecule has 0 bridgehead atoms. The molecule has 0 aliphatic carbocycles. The fraction of sp³-hybridized carbons (Fsp3) is 0.250. The number of thiocarbonyl (C=S) groups is 1. The molecule has 0 saturated carbocycles. The number of nitrogens with zero attached hydrogens (tertiary/aromatic N) is 2. The molecule has 0 atom stereocenters. The van der Waals surface area contributed by atoms with Gasteiger partial charge in [-0.05, 0) is 42.9 Å². The van der Waals surface area contributed by atoms with Gasteiger partial charge in [-0.15, -0.1) is 0 Å². The summed E-state index contributed by atoms with van der Waals surface area (Å²) in [5.74, 6) is 0.0965. The third-order valence-corrected chi connectivity index (χ3v) is 4.96. The van der Waals surface area contributed by atoms with E-state index >= 15 is 0 Å². The minimum absolute atomic E-state index is 0.0280. The van der Waals surface area contributed by atoms with Crippen LogP contribution in [-0.2, 0) is 14.3 Å². The lowest BCUT2D eigenvalue weighted by molar-refractivity contribution is -0.122. The van der Waals surface area contributed by atoms with Crippen molar-refractivity contribution < 1.29 is 18.7 Å². The predicted octanol–water partition coefficient (Wildman–Crippen LogP) is 2.26. The van der Waals surface area contributed by atoms with Crippen molar-refractivity contribution in [2.75, 3.05) is 36.1 Å². The first-order chi connectivity index (χ1) is 13.5. The van der Waals surface area contributed by atoms with E-state index in [1.807, 2.05) is 31.2 Å². The molecule has 28 heavy (non-hydrogen) atoms. The van der Waals surface area contributed by atoms with Crippen LogP contribution in [0.2, 0.25) is 0 Å². The number of hydrogen-bond acceptors (Lipinski definition) is 6. The van der Waals surface area contributed by atoms with E-state index in [0.717, 1.165) is 18.7 Å². The maximum atomic E-state index is 13.1. The standard InChI is InChI=1S/C20H19N3O4S/c1-13-4-2-3-5-16(13)23-19(25)15(18(24)21-20(23)28)12-14-6-7-17(27-14)22-8-10-26-11-9-22/h2-7,12H,8-11H2,1H3,(H,21,24,28)/b15-12+. The van der Waals surface area contributed by atoms with Crippen molar-refractivity contribution >= 4 is 46.8 Å². The van der Waals surface area contributed by atoms with Crippen LogP contribution in [0.15, 0.2) is 46.4 Å². The number of benzene rings is 1. The average molecular weight is 397 g/mol. The number of carbonyl (C=O) groups excluding carboxylic acids is 2. The molecule has 1 aromatic carbocycles. The zero-order valence-electron chi connectivity index (χ0n) is 15.3. The van der Waals surface area contributed by atoms with Gasteiger partial charge in [0.1, 0.15) is 11.3 Å². The van der Waals surface area contributed by atoms with Gasteiger partial charge in [-0.1, -0.05) is 18.2 Å². The molecule has 2 aliphatic rings. The lowest BCUT2D eigenvalue weighted by atomic mass is 10.1. The topological polar surface area (TPSA) is 75.0 Å². The van der Waals surface area contributed by atoms with Crippen molar-refractivity contribution in [3.05, 3.63) is 53.3 Å². The van der Waals surface area contributed by atoms with E-state index in [1.54, 1.807) is 12.1 Å². The Hall–Kier alpha value is -2.97. The Labute approximate surface area is 167 Å². The number of amides is 2. The summed E-state index contributed by atoms with van der Waals surface area (Å²) in [5.41, 5.74) is 1.48. The van der Waals surface area contributed by atoms with Crippen LogP contribution in [-0.4, -0.2) is 43.2 Å². The highest BCUT2D eigenvalue weighted by Gasteiger charge is 2.35. The molecular formula is C20H19N3O4S. The lowest BCUT2D eigenvalue weighted by Crippen LogP contribution is -2.54.